The Labute approximate surface area is 52.1 Å². The first-order valence-electron chi connectivity index (χ1n) is 2.64. The Bertz CT molecular complexity index is 152. The molecule has 0 radical (unpaired) electrons. The van der Waals surface area contributed by atoms with Crippen molar-refractivity contribution in [3.05, 3.63) is 11.8 Å². The number of nitrogens with one attached hydrogen (secondary N) is 1. The van der Waals surface area contributed by atoms with E-state index < -0.39 is 5.97 Å². The van der Waals surface area contributed by atoms with Gasteiger partial charge in [-0.25, -0.2) is 4.79 Å². The Morgan fingerprint density at radius 3 is 3.11 bits per heavy atom. The largest absolute Gasteiger partial charge is 0.388 e. The molecule has 0 atom stereocenters. The van der Waals surface area contributed by atoms with Crippen molar-refractivity contribution in [1.82, 2.24) is 5.32 Å². The van der Waals surface area contributed by atoms with E-state index in [4.69, 9.17) is 5.26 Å². The third-order valence-corrected chi connectivity index (χ3v) is 1.11. The Morgan fingerprint density at radius 1 is 1.89 bits per heavy atom. The monoisotopic (exact) mass is 129 g/mol. The number of carbonyl (C=O) groups excluding carboxylic acids is 1. The second-order valence-electron chi connectivity index (χ2n) is 1.71. The highest BCUT2D eigenvalue weighted by molar-refractivity contribution is 5.87. The van der Waals surface area contributed by atoms with Gasteiger partial charge in [-0.2, -0.15) is 5.26 Å². The molecule has 4 nitrogen and oxygen atoms in total. The fraction of sp³-hybridized carbons (Fsp3) is 0.400. The molecule has 0 aromatic rings. The smallest absolute Gasteiger partial charge is 0.379 e. The van der Waals surface area contributed by atoms with Crippen LogP contribution in [0.4, 0.5) is 0 Å². The van der Waals surface area contributed by atoms with Gasteiger partial charge in [-0.1, -0.05) is 6.08 Å². The maximum Gasteiger partial charge on any atom is 0.388 e. The summed E-state index contributed by atoms with van der Waals surface area (Å²) in [6.45, 7) is 0.741. The van der Waals surface area contributed by atoms with Crippen LogP contribution in [-0.2, 0) is 9.68 Å². The molecule has 0 aromatic carbocycles. The van der Waals surface area contributed by atoms with Crippen LogP contribution in [0.5, 0.6) is 0 Å². The van der Waals surface area contributed by atoms with E-state index in [0.29, 0.717) is 5.70 Å². The van der Waals surface area contributed by atoms with Crippen molar-refractivity contribution in [1.29, 1.82) is 0 Å². The Kier molecular flexibility index (Phi) is 1.69. The molecule has 0 aromatic heterocycles. The molecule has 1 aliphatic rings. The lowest BCUT2D eigenvalue weighted by atomic mass is 10.4. The fourth-order valence-corrected chi connectivity index (χ4v) is 0.700. The van der Waals surface area contributed by atoms with Gasteiger partial charge < -0.3 is 5.32 Å². The lowest BCUT2D eigenvalue weighted by molar-refractivity contribution is -0.229. The average Bonchev–Trinajstić information content (AvgIpc) is 2.37. The number of carbonyl (C=O) groups is 1. The second kappa shape index (κ2) is 2.50. The third-order valence-electron chi connectivity index (χ3n) is 1.11. The highest BCUT2D eigenvalue weighted by atomic mass is 17.1. The molecule has 0 bridgehead atoms. The third kappa shape index (κ3) is 1.20. The summed E-state index contributed by atoms with van der Waals surface area (Å²) >= 11 is 0. The maximum absolute atomic E-state index is 10.4. The van der Waals surface area contributed by atoms with Gasteiger partial charge in [0.05, 0.1) is 0 Å². The van der Waals surface area contributed by atoms with E-state index >= 15 is 0 Å². The van der Waals surface area contributed by atoms with Crippen molar-refractivity contribution in [3.8, 4) is 0 Å². The first-order chi connectivity index (χ1) is 4.34. The minimum absolute atomic E-state index is 0.345. The minimum Gasteiger partial charge on any atom is -0.379 e. The SMILES string of the molecule is O=C(OO)C1=CCCN1. The van der Waals surface area contributed by atoms with Crippen molar-refractivity contribution in [2.45, 2.75) is 6.42 Å². The molecule has 0 fully saturated rings. The van der Waals surface area contributed by atoms with E-state index in [9.17, 15) is 4.79 Å². The van der Waals surface area contributed by atoms with Crippen molar-refractivity contribution in [3.63, 3.8) is 0 Å². The molecule has 0 aliphatic carbocycles. The lowest BCUT2D eigenvalue weighted by Gasteiger charge is -1.96. The van der Waals surface area contributed by atoms with Gasteiger partial charge in [-0.05, 0) is 6.42 Å². The summed E-state index contributed by atoms with van der Waals surface area (Å²) in [6, 6.07) is 0. The summed E-state index contributed by atoms with van der Waals surface area (Å²) in [5, 5.41) is 10.6. The highest BCUT2D eigenvalue weighted by Crippen LogP contribution is 2.01. The average molecular weight is 129 g/mol. The molecule has 50 valence electrons. The van der Waals surface area contributed by atoms with Crippen LogP contribution in [0.15, 0.2) is 11.8 Å². The Balaban J connectivity index is 2.51. The number of hydrogen-bond acceptors (Lipinski definition) is 4. The van der Waals surface area contributed by atoms with E-state index in [1.807, 2.05) is 0 Å². The molecule has 1 rings (SSSR count). The molecule has 0 amide bonds. The van der Waals surface area contributed by atoms with Gasteiger partial charge in [0.2, 0.25) is 0 Å². The molecule has 0 spiro atoms. The van der Waals surface area contributed by atoms with Gasteiger partial charge in [-0.3, -0.25) is 4.89 Å². The van der Waals surface area contributed by atoms with E-state index in [0.717, 1.165) is 13.0 Å². The first-order valence-corrected chi connectivity index (χ1v) is 2.64. The zero-order valence-electron chi connectivity index (χ0n) is 4.76. The Hall–Kier alpha value is -1.03. The lowest BCUT2D eigenvalue weighted by Crippen LogP contribution is -2.17. The molecular weight excluding hydrogens is 122 g/mol. The molecular formula is C5H7NO3. The van der Waals surface area contributed by atoms with Crippen molar-refractivity contribution < 1.29 is 14.9 Å². The van der Waals surface area contributed by atoms with E-state index in [-0.39, 0.29) is 0 Å². The van der Waals surface area contributed by atoms with Gasteiger partial charge in [-0.15, -0.1) is 0 Å². The zero-order valence-corrected chi connectivity index (χ0v) is 4.76. The molecule has 0 saturated heterocycles. The fourth-order valence-electron chi connectivity index (χ4n) is 0.700. The Morgan fingerprint density at radius 2 is 2.67 bits per heavy atom. The van der Waals surface area contributed by atoms with Gasteiger partial charge in [0.15, 0.2) is 0 Å². The standard InChI is InChI=1S/C5H7NO3/c7-5(9-8)4-2-1-3-6-4/h2,6,8H,1,3H2. The van der Waals surface area contributed by atoms with Crippen molar-refractivity contribution in [2.75, 3.05) is 6.54 Å². The zero-order chi connectivity index (χ0) is 6.69. The molecule has 9 heavy (non-hydrogen) atoms. The first kappa shape index (κ1) is 6.10. The molecule has 1 heterocycles. The number of hydrogen-bond donors (Lipinski definition) is 2. The van der Waals surface area contributed by atoms with Crippen molar-refractivity contribution >= 4 is 5.97 Å². The van der Waals surface area contributed by atoms with Gasteiger partial charge in [0.1, 0.15) is 5.70 Å². The molecule has 0 saturated carbocycles. The van der Waals surface area contributed by atoms with Crippen LogP contribution in [0, 0.1) is 0 Å². The van der Waals surface area contributed by atoms with Crippen LogP contribution < -0.4 is 5.32 Å². The summed E-state index contributed by atoms with van der Waals surface area (Å²) in [6.07, 6.45) is 2.49. The van der Waals surface area contributed by atoms with Gasteiger partial charge >= 0.3 is 5.97 Å². The summed E-state index contributed by atoms with van der Waals surface area (Å²) in [7, 11) is 0. The highest BCUT2D eigenvalue weighted by Gasteiger charge is 2.12. The predicted molar refractivity (Wildman–Crippen MR) is 29.4 cm³/mol. The van der Waals surface area contributed by atoms with E-state index in [1.54, 1.807) is 6.08 Å². The van der Waals surface area contributed by atoms with Crippen molar-refractivity contribution in [2.24, 2.45) is 0 Å². The second-order valence-corrected chi connectivity index (χ2v) is 1.71. The molecule has 1 aliphatic heterocycles. The van der Waals surface area contributed by atoms with Crippen LogP contribution >= 0.6 is 0 Å². The minimum atomic E-state index is -0.715. The predicted octanol–water partition coefficient (Wildman–Crippen LogP) is -0.120. The topological polar surface area (TPSA) is 58.6 Å². The number of rotatable bonds is 1. The molecule has 2 N–H and O–H groups in total. The maximum atomic E-state index is 10.4. The van der Waals surface area contributed by atoms with Crippen LogP contribution in [0.3, 0.4) is 0 Å². The van der Waals surface area contributed by atoms with Gasteiger partial charge in [0, 0.05) is 6.54 Å². The van der Waals surface area contributed by atoms with E-state index in [2.05, 4.69) is 10.2 Å². The van der Waals surface area contributed by atoms with Crippen LogP contribution in [-0.4, -0.2) is 17.8 Å². The quantitative estimate of drug-likeness (QED) is 0.383. The van der Waals surface area contributed by atoms with E-state index in [1.165, 1.54) is 0 Å². The van der Waals surface area contributed by atoms with Gasteiger partial charge in [0.25, 0.3) is 0 Å². The summed E-state index contributed by atoms with van der Waals surface area (Å²) in [5.41, 5.74) is 0.345. The summed E-state index contributed by atoms with van der Waals surface area (Å²) in [5.74, 6) is -0.715. The molecule has 0 unspecified atom stereocenters. The summed E-state index contributed by atoms with van der Waals surface area (Å²) in [4.78, 5) is 13.9. The molecule has 4 heteroatoms. The van der Waals surface area contributed by atoms with Crippen LogP contribution in [0.25, 0.3) is 0 Å². The van der Waals surface area contributed by atoms with Crippen LogP contribution in [0.2, 0.25) is 0 Å². The van der Waals surface area contributed by atoms with Crippen LogP contribution in [0.1, 0.15) is 6.42 Å². The summed E-state index contributed by atoms with van der Waals surface area (Å²) < 4.78 is 0. The normalized spacial score (nSPS) is 16.3.